The number of nitrogens with zero attached hydrogens (tertiary/aromatic N) is 6. The van der Waals surface area contributed by atoms with Crippen molar-refractivity contribution in [3.8, 4) is 17.2 Å². The molecule has 1 spiro atoms. The fourth-order valence-corrected chi connectivity index (χ4v) is 7.04. The number of amides is 1. The molecular weight excluding hydrogens is 500 g/mol. The number of rotatable bonds is 1. The molecule has 2 aromatic carbocycles. The summed E-state index contributed by atoms with van der Waals surface area (Å²) < 4.78 is 1.79. The van der Waals surface area contributed by atoms with Crippen LogP contribution >= 0.6 is 0 Å². The van der Waals surface area contributed by atoms with Crippen LogP contribution in [0.15, 0.2) is 82.3 Å². The number of hydrogen-bond acceptors (Lipinski definition) is 6. The van der Waals surface area contributed by atoms with Crippen LogP contribution in [0.2, 0.25) is 0 Å². The van der Waals surface area contributed by atoms with Crippen molar-refractivity contribution in [2.75, 3.05) is 16.8 Å². The van der Waals surface area contributed by atoms with Gasteiger partial charge in [-0.15, -0.1) is 0 Å². The van der Waals surface area contributed by atoms with Gasteiger partial charge in [0.05, 0.1) is 11.3 Å². The van der Waals surface area contributed by atoms with Crippen LogP contribution in [0.5, 0.6) is 0 Å². The van der Waals surface area contributed by atoms with Gasteiger partial charge in [-0.2, -0.15) is 10.4 Å². The van der Waals surface area contributed by atoms with Crippen LogP contribution in [-0.2, 0) is 15.0 Å². The lowest BCUT2D eigenvalue weighted by Crippen LogP contribution is -2.53. The van der Waals surface area contributed by atoms with Crippen molar-refractivity contribution in [3.63, 3.8) is 0 Å². The summed E-state index contributed by atoms with van der Waals surface area (Å²) in [7, 11) is 1.71. The van der Waals surface area contributed by atoms with Gasteiger partial charge in [0.1, 0.15) is 17.3 Å². The maximum Gasteiger partial charge on any atom is 0.247 e. The lowest BCUT2D eigenvalue weighted by atomic mass is 9.60. The van der Waals surface area contributed by atoms with Crippen molar-refractivity contribution in [1.29, 1.82) is 5.26 Å². The minimum Gasteiger partial charge on any atom is -0.314 e. The van der Waals surface area contributed by atoms with Crippen molar-refractivity contribution in [2.24, 2.45) is 10.4 Å². The second kappa shape index (κ2) is 7.89. The van der Waals surface area contributed by atoms with E-state index >= 15 is 0 Å². The van der Waals surface area contributed by atoms with Gasteiger partial charge in [-0.1, -0.05) is 62.4 Å². The zero-order valence-electron chi connectivity index (χ0n) is 23.1. The maximum atomic E-state index is 14.4. The van der Waals surface area contributed by atoms with Gasteiger partial charge >= 0.3 is 0 Å². The Morgan fingerprint density at radius 2 is 1.68 bits per heavy atom. The summed E-state index contributed by atoms with van der Waals surface area (Å²) in [5, 5.41) is 15.7. The van der Waals surface area contributed by atoms with Crippen LogP contribution in [0.1, 0.15) is 44.9 Å². The van der Waals surface area contributed by atoms with E-state index in [1.165, 1.54) is 0 Å². The Morgan fingerprint density at radius 3 is 2.40 bits per heavy atom. The normalized spacial score (nSPS) is 22.6. The second-order valence-corrected chi connectivity index (χ2v) is 11.8. The topological polar surface area (TPSA) is 94.6 Å². The number of allylic oxidation sites excluding steroid dienone is 1. The van der Waals surface area contributed by atoms with Crippen molar-refractivity contribution in [3.05, 3.63) is 88.5 Å². The Bertz CT molecular complexity index is 1820. The van der Waals surface area contributed by atoms with E-state index in [-0.39, 0.29) is 29.1 Å². The molecule has 40 heavy (non-hydrogen) atoms. The number of hydrogen-bond donors (Lipinski definition) is 0. The van der Waals surface area contributed by atoms with Gasteiger partial charge in [0.2, 0.25) is 5.91 Å². The summed E-state index contributed by atoms with van der Waals surface area (Å²) in [4.78, 5) is 37.2. The molecule has 0 N–H and O–H groups in total. The Labute approximate surface area is 232 Å². The third kappa shape index (κ3) is 2.84. The van der Waals surface area contributed by atoms with E-state index in [9.17, 15) is 14.9 Å². The number of carbonyl (C=O) groups is 2. The minimum atomic E-state index is -1.55. The Balaban J connectivity index is 1.65. The monoisotopic (exact) mass is 528 g/mol. The van der Waals surface area contributed by atoms with Gasteiger partial charge in [-0.05, 0) is 37.3 Å². The van der Waals surface area contributed by atoms with Crippen LogP contribution < -0.4 is 9.80 Å². The number of ketones is 1. The Kier molecular flexibility index (Phi) is 4.79. The van der Waals surface area contributed by atoms with Gasteiger partial charge in [0, 0.05) is 41.6 Å². The molecule has 7 rings (SSSR count). The van der Waals surface area contributed by atoms with Gasteiger partial charge in [0.25, 0.3) is 0 Å². The number of anilines is 2. The molecule has 4 heterocycles. The SMILES string of the molecule is CC1=NC2=C(C#N)C3(C(=O)N(C)c4ccccc43)C3=C(CC(C)(C)CC3=O)N2c2c(-c3ccccc3)c(C)nn21. The number of aliphatic imine (C=N–C) groups is 1. The highest BCUT2D eigenvalue weighted by molar-refractivity contribution is 6.21. The molecule has 1 unspecified atom stereocenters. The van der Waals surface area contributed by atoms with Crippen molar-refractivity contribution < 1.29 is 9.59 Å². The van der Waals surface area contributed by atoms with Crippen LogP contribution in [0.4, 0.5) is 11.5 Å². The molecule has 1 amide bonds. The number of benzene rings is 2. The van der Waals surface area contributed by atoms with Crippen LogP contribution in [0.25, 0.3) is 11.1 Å². The summed E-state index contributed by atoms with van der Waals surface area (Å²) in [5.74, 6) is 1.29. The van der Waals surface area contributed by atoms with Gasteiger partial charge in [-0.3, -0.25) is 14.5 Å². The van der Waals surface area contributed by atoms with E-state index in [0.717, 1.165) is 22.6 Å². The third-order valence-electron chi connectivity index (χ3n) is 8.60. The first-order valence-corrected chi connectivity index (χ1v) is 13.4. The van der Waals surface area contributed by atoms with Gasteiger partial charge in [-0.25, -0.2) is 9.67 Å². The minimum absolute atomic E-state index is 0.119. The molecule has 0 saturated heterocycles. The number of fused-ring (bicyclic) bond motifs is 7. The zero-order valence-corrected chi connectivity index (χ0v) is 23.1. The molecule has 0 radical (unpaired) electrons. The van der Waals surface area contributed by atoms with E-state index < -0.39 is 5.41 Å². The molecule has 1 aliphatic carbocycles. The van der Waals surface area contributed by atoms with Crippen LogP contribution in [0.3, 0.4) is 0 Å². The van der Waals surface area contributed by atoms with Crippen molar-refractivity contribution >= 4 is 29.0 Å². The van der Waals surface area contributed by atoms with E-state index in [4.69, 9.17) is 10.1 Å². The summed E-state index contributed by atoms with van der Waals surface area (Å²) in [5.41, 5.74) is 3.38. The molecule has 1 atom stereocenters. The predicted molar refractivity (Wildman–Crippen MR) is 153 cm³/mol. The highest BCUT2D eigenvalue weighted by atomic mass is 16.2. The number of para-hydroxylation sites is 1. The number of aromatic nitrogens is 2. The standard InChI is InChI=1S/C32H28N6O2/c1-18-26(20-11-7-6-8-12-20)29-37-24-15-31(3,4)16-25(39)27(24)32(21-13-9-10-14-23(21)36(5)30(32)40)22(17-33)28(37)34-19(2)38(29)35-18/h6-14H,15-16H2,1-5H3. The lowest BCUT2D eigenvalue weighted by Gasteiger charge is -2.47. The highest BCUT2D eigenvalue weighted by Crippen LogP contribution is 2.60. The molecule has 0 bridgehead atoms. The van der Waals surface area contributed by atoms with E-state index in [1.54, 1.807) is 16.6 Å². The fraction of sp³-hybridized carbons (Fsp3) is 0.281. The number of nitriles is 1. The third-order valence-corrected chi connectivity index (χ3v) is 8.60. The highest BCUT2D eigenvalue weighted by Gasteiger charge is 2.63. The van der Waals surface area contributed by atoms with E-state index in [1.807, 2.05) is 73.3 Å². The number of carbonyl (C=O) groups excluding carboxylic acids is 2. The Hall–Kier alpha value is -4.77. The molecule has 8 heteroatoms. The first kappa shape index (κ1) is 24.3. The zero-order chi connectivity index (χ0) is 28.1. The average molecular weight is 529 g/mol. The number of Topliss-reactive ketones (excluding diaryl/α,β-unsaturated/α-hetero) is 1. The molecule has 3 aliphatic heterocycles. The first-order valence-electron chi connectivity index (χ1n) is 13.4. The van der Waals surface area contributed by atoms with Gasteiger partial charge in [0.15, 0.2) is 17.4 Å². The van der Waals surface area contributed by atoms with Crippen LogP contribution in [-0.4, -0.2) is 34.4 Å². The van der Waals surface area contributed by atoms with Crippen LogP contribution in [0, 0.1) is 23.7 Å². The van der Waals surface area contributed by atoms with Crippen molar-refractivity contribution in [1.82, 2.24) is 9.78 Å². The molecule has 1 aromatic heterocycles. The predicted octanol–water partition coefficient (Wildman–Crippen LogP) is 5.25. The van der Waals surface area contributed by atoms with E-state index in [2.05, 4.69) is 19.9 Å². The fourth-order valence-electron chi connectivity index (χ4n) is 7.04. The average Bonchev–Trinajstić information content (AvgIpc) is 3.37. The summed E-state index contributed by atoms with van der Waals surface area (Å²) in [6, 6.07) is 19.8. The second-order valence-electron chi connectivity index (χ2n) is 11.8. The molecule has 198 valence electrons. The first-order chi connectivity index (χ1) is 19.1. The maximum absolute atomic E-state index is 14.4. The largest absolute Gasteiger partial charge is 0.314 e. The molecule has 4 aliphatic rings. The quantitative estimate of drug-likeness (QED) is 0.430. The molecule has 8 nitrogen and oxygen atoms in total. The smallest absolute Gasteiger partial charge is 0.247 e. The lowest BCUT2D eigenvalue weighted by molar-refractivity contribution is -0.124. The van der Waals surface area contributed by atoms with Crippen molar-refractivity contribution in [2.45, 2.75) is 46.0 Å². The summed E-state index contributed by atoms with van der Waals surface area (Å²) >= 11 is 0. The Morgan fingerprint density at radius 1 is 0.975 bits per heavy atom. The number of aryl methyl sites for hydroxylation is 1. The van der Waals surface area contributed by atoms with E-state index in [0.29, 0.717) is 40.6 Å². The summed E-state index contributed by atoms with van der Waals surface area (Å²) in [6.07, 6.45) is 0.810. The van der Waals surface area contributed by atoms with Gasteiger partial charge < -0.3 is 4.90 Å². The summed E-state index contributed by atoms with van der Waals surface area (Å²) in [6.45, 7) is 7.95. The molecule has 0 fully saturated rings. The molecular formula is C32H28N6O2. The molecule has 0 saturated carbocycles. The number of likely N-dealkylation sites (N-methyl/N-ethyl adjacent to an activating group) is 1. The molecule has 3 aromatic rings.